The van der Waals surface area contributed by atoms with Crippen molar-refractivity contribution in [3.05, 3.63) is 6.33 Å². The van der Waals surface area contributed by atoms with Crippen LogP contribution in [-0.2, 0) is 4.79 Å². The number of nitrogens with one attached hydrogen (secondary N) is 2. The van der Waals surface area contributed by atoms with Gasteiger partial charge in [0.2, 0.25) is 5.91 Å². The van der Waals surface area contributed by atoms with E-state index in [4.69, 9.17) is 5.73 Å². The molecule has 5 heteroatoms. The highest BCUT2D eigenvalue weighted by atomic mass is 16.1. The number of anilines is 2. The van der Waals surface area contributed by atoms with Gasteiger partial charge in [0.25, 0.3) is 0 Å². The van der Waals surface area contributed by atoms with E-state index in [9.17, 15) is 4.79 Å². The quantitative estimate of drug-likeness (QED) is 0.511. The third kappa shape index (κ3) is 1.25. The number of amides is 1. The summed E-state index contributed by atoms with van der Waals surface area (Å²) in [4.78, 5) is 16.8. The van der Waals surface area contributed by atoms with Crippen molar-refractivity contribution in [1.82, 2.24) is 9.97 Å². The number of nitrogens with zero attached hydrogens (tertiary/aromatic N) is 1. The van der Waals surface area contributed by atoms with Crippen LogP contribution in [0.15, 0.2) is 6.33 Å². The van der Waals surface area contributed by atoms with Crippen molar-refractivity contribution in [1.29, 1.82) is 0 Å². The molecule has 54 valence electrons. The van der Waals surface area contributed by atoms with Crippen LogP contribution in [0.25, 0.3) is 0 Å². The summed E-state index contributed by atoms with van der Waals surface area (Å²) in [7, 11) is 0. The minimum Gasteiger partial charge on any atom is -0.382 e. The summed E-state index contributed by atoms with van der Waals surface area (Å²) in [6, 6.07) is 0. The zero-order valence-corrected chi connectivity index (χ0v) is 5.51. The van der Waals surface area contributed by atoms with Crippen molar-refractivity contribution in [2.24, 2.45) is 0 Å². The fraction of sp³-hybridized carbons (Fsp3) is 0.200. The van der Waals surface area contributed by atoms with Gasteiger partial charge in [0, 0.05) is 6.92 Å². The van der Waals surface area contributed by atoms with Crippen LogP contribution in [0, 0.1) is 0 Å². The van der Waals surface area contributed by atoms with Gasteiger partial charge in [0.05, 0.1) is 6.33 Å². The van der Waals surface area contributed by atoms with Gasteiger partial charge in [-0.15, -0.1) is 0 Å². The van der Waals surface area contributed by atoms with Crippen molar-refractivity contribution in [3.63, 3.8) is 0 Å². The molecule has 1 heterocycles. The number of rotatable bonds is 1. The van der Waals surface area contributed by atoms with Gasteiger partial charge in [-0.1, -0.05) is 0 Å². The smallest absolute Gasteiger partial charge is 0.222 e. The Morgan fingerprint density at radius 3 is 3.00 bits per heavy atom. The number of aromatic amines is 1. The highest BCUT2D eigenvalue weighted by Gasteiger charge is 2.00. The molecular weight excluding hydrogens is 132 g/mol. The maximum Gasteiger partial charge on any atom is 0.222 e. The number of hydrogen-bond donors (Lipinski definition) is 3. The molecule has 0 atom stereocenters. The van der Waals surface area contributed by atoms with E-state index in [0.717, 1.165) is 0 Å². The molecule has 4 N–H and O–H groups in total. The molecule has 0 spiro atoms. The molecular formula is C5H8N4O. The number of carbonyl (C=O) groups is 1. The van der Waals surface area contributed by atoms with E-state index in [1.54, 1.807) is 0 Å². The van der Waals surface area contributed by atoms with Crippen molar-refractivity contribution in [2.75, 3.05) is 11.1 Å². The second-order valence-corrected chi connectivity index (χ2v) is 1.85. The van der Waals surface area contributed by atoms with Gasteiger partial charge in [-0.3, -0.25) is 4.79 Å². The van der Waals surface area contributed by atoms with Crippen LogP contribution in [0.3, 0.4) is 0 Å². The number of hydrogen-bond acceptors (Lipinski definition) is 3. The van der Waals surface area contributed by atoms with E-state index in [-0.39, 0.29) is 5.91 Å². The monoisotopic (exact) mass is 140 g/mol. The maximum absolute atomic E-state index is 10.4. The first kappa shape index (κ1) is 6.60. The Kier molecular flexibility index (Phi) is 1.57. The minimum absolute atomic E-state index is 0.182. The zero-order valence-electron chi connectivity index (χ0n) is 5.51. The van der Waals surface area contributed by atoms with E-state index in [1.807, 2.05) is 0 Å². The lowest BCUT2D eigenvalue weighted by Crippen LogP contribution is -2.07. The molecule has 0 saturated heterocycles. The maximum atomic E-state index is 10.4. The van der Waals surface area contributed by atoms with Crippen molar-refractivity contribution in [2.45, 2.75) is 6.92 Å². The van der Waals surface area contributed by atoms with Crippen LogP contribution >= 0.6 is 0 Å². The van der Waals surface area contributed by atoms with Gasteiger partial charge in [0.1, 0.15) is 5.82 Å². The number of aromatic nitrogens is 2. The van der Waals surface area contributed by atoms with Gasteiger partial charge in [-0.05, 0) is 0 Å². The molecule has 0 saturated carbocycles. The van der Waals surface area contributed by atoms with Gasteiger partial charge >= 0.3 is 0 Å². The first-order valence-electron chi connectivity index (χ1n) is 2.76. The summed E-state index contributed by atoms with van der Waals surface area (Å²) < 4.78 is 0. The number of nitrogens with two attached hydrogens (primary N) is 1. The Labute approximate surface area is 57.6 Å². The SMILES string of the molecule is CC(=O)Nc1nc[nH]c1N. The highest BCUT2D eigenvalue weighted by Crippen LogP contribution is 2.09. The fourth-order valence-corrected chi connectivity index (χ4v) is 0.571. The molecule has 0 fully saturated rings. The Morgan fingerprint density at radius 1 is 1.90 bits per heavy atom. The zero-order chi connectivity index (χ0) is 7.56. The summed E-state index contributed by atoms with van der Waals surface area (Å²) in [5.41, 5.74) is 5.36. The lowest BCUT2D eigenvalue weighted by molar-refractivity contribution is -0.114. The van der Waals surface area contributed by atoms with Gasteiger partial charge in [-0.2, -0.15) is 0 Å². The lowest BCUT2D eigenvalue weighted by Gasteiger charge is -1.95. The molecule has 0 aliphatic heterocycles. The van der Waals surface area contributed by atoms with Crippen LogP contribution in [0.1, 0.15) is 6.92 Å². The molecule has 1 aromatic heterocycles. The van der Waals surface area contributed by atoms with Crippen molar-refractivity contribution < 1.29 is 4.79 Å². The molecule has 0 aliphatic rings. The number of H-pyrrole nitrogens is 1. The molecule has 5 nitrogen and oxygen atoms in total. The van der Waals surface area contributed by atoms with Crippen LogP contribution in [0.4, 0.5) is 11.6 Å². The molecule has 0 bridgehead atoms. The second kappa shape index (κ2) is 2.38. The highest BCUT2D eigenvalue weighted by molar-refractivity contribution is 5.89. The molecule has 1 amide bonds. The van der Waals surface area contributed by atoms with Gasteiger partial charge in [-0.25, -0.2) is 4.98 Å². The van der Waals surface area contributed by atoms with Crippen molar-refractivity contribution >= 4 is 17.5 Å². The van der Waals surface area contributed by atoms with Crippen LogP contribution in [0.2, 0.25) is 0 Å². The molecule has 0 unspecified atom stereocenters. The summed E-state index contributed by atoms with van der Waals surface area (Å²) in [6.07, 6.45) is 1.42. The normalized spacial score (nSPS) is 9.30. The van der Waals surface area contributed by atoms with Crippen LogP contribution < -0.4 is 11.1 Å². The fourth-order valence-electron chi connectivity index (χ4n) is 0.571. The summed E-state index contributed by atoms with van der Waals surface area (Å²) in [6.45, 7) is 1.40. The topological polar surface area (TPSA) is 83.8 Å². The van der Waals surface area contributed by atoms with E-state index < -0.39 is 0 Å². The van der Waals surface area contributed by atoms with E-state index >= 15 is 0 Å². The summed E-state index contributed by atoms with van der Waals surface area (Å²) in [5, 5.41) is 2.45. The van der Waals surface area contributed by atoms with Crippen LogP contribution in [-0.4, -0.2) is 15.9 Å². The molecule has 0 aromatic carbocycles. The van der Waals surface area contributed by atoms with E-state index in [1.165, 1.54) is 13.3 Å². The average molecular weight is 140 g/mol. The number of imidazole rings is 1. The predicted octanol–water partition coefficient (Wildman–Crippen LogP) is -0.0497. The average Bonchev–Trinajstić information content (AvgIpc) is 2.15. The Bertz CT molecular complexity index is 242. The van der Waals surface area contributed by atoms with Gasteiger partial charge < -0.3 is 16.0 Å². The van der Waals surface area contributed by atoms with Crippen LogP contribution in [0.5, 0.6) is 0 Å². The van der Waals surface area contributed by atoms with E-state index in [2.05, 4.69) is 15.3 Å². The largest absolute Gasteiger partial charge is 0.382 e. The lowest BCUT2D eigenvalue weighted by atomic mass is 10.6. The van der Waals surface area contributed by atoms with E-state index in [0.29, 0.717) is 11.6 Å². The summed E-state index contributed by atoms with van der Waals surface area (Å²) >= 11 is 0. The molecule has 1 aromatic rings. The Hall–Kier alpha value is -1.52. The standard InChI is InChI=1S/C5H8N4O/c1-3(10)9-5-4(6)7-2-8-5/h2H,6H2,1H3,(H,7,8)(H,9,10). The van der Waals surface area contributed by atoms with Crippen molar-refractivity contribution in [3.8, 4) is 0 Å². The number of nitrogen functional groups attached to an aromatic ring is 1. The Balaban J connectivity index is 2.74. The third-order valence-corrected chi connectivity index (χ3v) is 0.963. The summed E-state index contributed by atoms with van der Waals surface area (Å²) in [5.74, 6) is 0.571. The second-order valence-electron chi connectivity index (χ2n) is 1.85. The predicted molar refractivity (Wildman–Crippen MR) is 37.3 cm³/mol. The first-order chi connectivity index (χ1) is 4.70. The number of carbonyl (C=O) groups excluding carboxylic acids is 1. The Morgan fingerprint density at radius 2 is 2.60 bits per heavy atom. The molecule has 0 radical (unpaired) electrons. The molecule has 1 rings (SSSR count). The first-order valence-corrected chi connectivity index (χ1v) is 2.76. The third-order valence-electron chi connectivity index (χ3n) is 0.963. The minimum atomic E-state index is -0.182. The molecule has 0 aliphatic carbocycles. The van der Waals surface area contributed by atoms with Gasteiger partial charge in [0.15, 0.2) is 5.82 Å². The molecule has 10 heavy (non-hydrogen) atoms.